The first-order valence-electron chi connectivity index (χ1n) is 7.60. The maximum Gasteiger partial charge on any atom is 0.146 e. The van der Waals surface area contributed by atoms with Crippen LogP contribution in [-0.4, -0.2) is 26.2 Å². The lowest BCUT2D eigenvalue weighted by Gasteiger charge is -2.30. The van der Waals surface area contributed by atoms with Gasteiger partial charge in [0, 0.05) is 13.1 Å². The van der Waals surface area contributed by atoms with Crippen LogP contribution in [0.2, 0.25) is 0 Å². The van der Waals surface area contributed by atoms with E-state index in [0.717, 1.165) is 44.7 Å². The second kappa shape index (κ2) is 5.91. The molecule has 1 aromatic carbocycles. The van der Waals surface area contributed by atoms with E-state index in [2.05, 4.69) is 16.3 Å². The number of benzene rings is 1. The third kappa shape index (κ3) is 2.92. The Balaban J connectivity index is 1.76. The van der Waals surface area contributed by atoms with Gasteiger partial charge < -0.3 is 10.2 Å². The molecule has 0 saturated carbocycles. The molecular weight excluding hydrogens is 239 g/mol. The standard InChI is InChI=1S/C16H23FN2/c17-15-12-14(13-6-8-18-9-7-13)4-5-16(15)19-10-2-1-3-11-19/h4-5,12-13,18H,1-3,6-11H2. The Kier molecular flexibility index (Phi) is 4.02. The Morgan fingerprint density at radius 1 is 1.05 bits per heavy atom. The van der Waals surface area contributed by atoms with Crippen molar-refractivity contribution in [3.05, 3.63) is 29.6 Å². The molecule has 19 heavy (non-hydrogen) atoms. The number of nitrogens with one attached hydrogen (secondary N) is 1. The summed E-state index contributed by atoms with van der Waals surface area (Å²) in [4.78, 5) is 2.20. The van der Waals surface area contributed by atoms with Gasteiger partial charge in [-0.1, -0.05) is 6.07 Å². The quantitative estimate of drug-likeness (QED) is 0.880. The lowest BCUT2D eigenvalue weighted by molar-refractivity contribution is 0.458. The molecule has 0 bridgehead atoms. The first-order chi connectivity index (χ1) is 9.34. The molecular formula is C16H23FN2. The van der Waals surface area contributed by atoms with Gasteiger partial charge in [-0.05, 0) is 68.8 Å². The van der Waals surface area contributed by atoms with Gasteiger partial charge in [-0.25, -0.2) is 4.39 Å². The number of rotatable bonds is 2. The minimum Gasteiger partial charge on any atom is -0.369 e. The zero-order chi connectivity index (χ0) is 13.1. The maximum atomic E-state index is 14.3. The van der Waals surface area contributed by atoms with Crippen molar-refractivity contribution in [2.45, 2.75) is 38.0 Å². The van der Waals surface area contributed by atoms with Crippen LogP contribution in [0.3, 0.4) is 0 Å². The van der Waals surface area contributed by atoms with Crippen molar-refractivity contribution in [1.82, 2.24) is 5.32 Å². The van der Waals surface area contributed by atoms with Gasteiger partial charge in [-0.15, -0.1) is 0 Å². The number of hydrogen-bond donors (Lipinski definition) is 1. The van der Waals surface area contributed by atoms with Crippen molar-refractivity contribution in [3.63, 3.8) is 0 Å². The van der Waals surface area contributed by atoms with Crippen LogP contribution in [0.25, 0.3) is 0 Å². The van der Waals surface area contributed by atoms with Gasteiger partial charge in [0.25, 0.3) is 0 Å². The molecule has 0 spiro atoms. The highest BCUT2D eigenvalue weighted by Crippen LogP contribution is 2.30. The molecule has 2 aliphatic heterocycles. The second-order valence-corrected chi connectivity index (χ2v) is 5.78. The average molecular weight is 262 g/mol. The zero-order valence-corrected chi connectivity index (χ0v) is 11.5. The van der Waals surface area contributed by atoms with Gasteiger partial charge in [0.2, 0.25) is 0 Å². The smallest absolute Gasteiger partial charge is 0.146 e. The Bertz CT molecular complexity index is 421. The SMILES string of the molecule is Fc1cc(C2CCNCC2)ccc1N1CCCCC1. The molecule has 0 unspecified atom stereocenters. The van der Waals surface area contributed by atoms with Gasteiger partial charge in [-0.2, -0.15) is 0 Å². The molecule has 2 aliphatic rings. The third-order valence-corrected chi connectivity index (χ3v) is 4.48. The fraction of sp³-hybridized carbons (Fsp3) is 0.625. The van der Waals surface area contributed by atoms with Crippen LogP contribution in [0.1, 0.15) is 43.6 Å². The molecule has 0 atom stereocenters. The van der Waals surface area contributed by atoms with Crippen molar-refractivity contribution in [2.24, 2.45) is 0 Å². The molecule has 104 valence electrons. The summed E-state index contributed by atoms with van der Waals surface area (Å²) in [5, 5.41) is 3.36. The van der Waals surface area contributed by atoms with E-state index in [9.17, 15) is 4.39 Å². The van der Waals surface area contributed by atoms with E-state index in [0.29, 0.717) is 5.92 Å². The minimum absolute atomic E-state index is 0.0297. The highest BCUT2D eigenvalue weighted by Gasteiger charge is 2.19. The van der Waals surface area contributed by atoms with E-state index < -0.39 is 0 Å². The zero-order valence-electron chi connectivity index (χ0n) is 11.5. The van der Waals surface area contributed by atoms with Crippen LogP contribution in [0.5, 0.6) is 0 Å². The van der Waals surface area contributed by atoms with Crippen LogP contribution >= 0.6 is 0 Å². The molecule has 2 fully saturated rings. The summed E-state index contributed by atoms with van der Waals surface area (Å²) in [6, 6.07) is 5.92. The van der Waals surface area contributed by atoms with Crippen LogP contribution in [0.15, 0.2) is 18.2 Å². The highest BCUT2D eigenvalue weighted by molar-refractivity contribution is 5.50. The van der Waals surface area contributed by atoms with E-state index in [-0.39, 0.29) is 5.82 Å². The largest absolute Gasteiger partial charge is 0.369 e. The number of nitrogens with zero attached hydrogens (tertiary/aromatic N) is 1. The molecule has 2 nitrogen and oxygen atoms in total. The Morgan fingerprint density at radius 3 is 2.47 bits per heavy atom. The fourth-order valence-corrected chi connectivity index (χ4v) is 3.32. The topological polar surface area (TPSA) is 15.3 Å². The Labute approximate surface area is 115 Å². The van der Waals surface area contributed by atoms with Gasteiger partial charge in [0.15, 0.2) is 0 Å². The molecule has 2 saturated heterocycles. The summed E-state index contributed by atoms with van der Waals surface area (Å²) in [5.74, 6) is 0.504. The van der Waals surface area contributed by atoms with Crippen LogP contribution in [0.4, 0.5) is 10.1 Å². The summed E-state index contributed by atoms with van der Waals surface area (Å²) >= 11 is 0. The molecule has 0 aromatic heterocycles. The summed E-state index contributed by atoms with van der Waals surface area (Å²) in [6.45, 7) is 4.12. The van der Waals surface area contributed by atoms with Gasteiger partial charge in [0.1, 0.15) is 5.82 Å². The molecule has 1 N–H and O–H groups in total. The number of anilines is 1. The summed E-state index contributed by atoms with van der Waals surface area (Å²) < 4.78 is 14.3. The van der Waals surface area contributed by atoms with Crippen molar-refractivity contribution < 1.29 is 4.39 Å². The van der Waals surface area contributed by atoms with Crippen LogP contribution < -0.4 is 10.2 Å². The molecule has 3 rings (SSSR count). The fourth-order valence-electron chi connectivity index (χ4n) is 3.32. The molecule has 3 heteroatoms. The minimum atomic E-state index is -0.0297. The predicted molar refractivity (Wildman–Crippen MR) is 77.3 cm³/mol. The Morgan fingerprint density at radius 2 is 1.79 bits per heavy atom. The van der Waals surface area contributed by atoms with Gasteiger partial charge in [-0.3, -0.25) is 0 Å². The number of hydrogen-bond acceptors (Lipinski definition) is 2. The predicted octanol–water partition coefficient (Wildman–Crippen LogP) is 3.28. The molecule has 2 heterocycles. The van der Waals surface area contributed by atoms with E-state index >= 15 is 0 Å². The monoisotopic (exact) mass is 262 g/mol. The lowest BCUT2D eigenvalue weighted by atomic mass is 9.90. The van der Waals surface area contributed by atoms with Crippen molar-refractivity contribution >= 4 is 5.69 Å². The van der Waals surface area contributed by atoms with Crippen molar-refractivity contribution in [3.8, 4) is 0 Å². The molecule has 0 radical (unpaired) electrons. The second-order valence-electron chi connectivity index (χ2n) is 5.78. The van der Waals surface area contributed by atoms with Crippen molar-refractivity contribution in [2.75, 3.05) is 31.1 Å². The maximum absolute atomic E-state index is 14.3. The summed E-state index contributed by atoms with van der Waals surface area (Å²) in [6.07, 6.45) is 5.92. The van der Waals surface area contributed by atoms with Crippen LogP contribution in [-0.2, 0) is 0 Å². The molecule has 1 aromatic rings. The first-order valence-corrected chi connectivity index (χ1v) is 7.60. The normalized spacial score (nSPS) is 21.6. The first kappa shape index (κ1) is 12.9. The van der Waals surface area contributed by atoms with Crippen LogP contribution in [0, 0.1) is 5.82 Å². The van der Waals surface area contributed by atoms with E-state index in [1.54, 1.807) is 6.07 Å². The third-order valence-electron chi connectivity index (χ3n) is 4.48. The van der Waals surface area contributed by atoms with E-state index in [1.165, 1.54) is 24.8 Å². The number of piperidine rings is 2. The summed E-state index contributed by atoms with van der Waals surface area (Å²) in [7, 11) is 0. The molecule has 0 amide bonds. The lowest BCUT2D eigenvalue weighted by Crippen LogP contribution is -2.30. The molecule has 0 aliphatic carbocycles. The van der Waals surface area contributed by atoms with E-state index in [1.807, 2.05) is 6.07 Å². The number of halogens is 1. The van der Waals surface area contributed by atoms with Gasteiger partial charge in [0.05, 0.1) is 5.69 Å². The Hall–Kier alpha value is -1.09. The van der Waals surface area contributed by atoms with E-state index in [4.69, 9.17) is 0 Å². The van der Waals surface area contributed by atoms with Crippen molar-refractivity contribution in [1.29, 1.82) is 0 Å². The van der Waals surface area contributed by atoms with Gasteiger partial charge >= 0.3 is 0 Å². The average Bonchev–Trinajstić information content (AvgIpc) is 2.49. The summed E-state index contributed by atoms with van der Waals surface area (Å²) in [5.41, 5.74) is 1.98. The highest BCUT2D eigenvalue weighted by atomic mass is 19.1.